The predicted octanol–water partition coefficient (Wildman–Crippen LogP) is 1.24. The first-order chi connectivity index (χ1) is 12.0. The molecule has 1 aromatic carbocycles. The van der Waals surface area contributed by atoms with Gasteiger partial charge in [-0.2, -0.15) is 0 Å². The molecule has 1 N–H and O–H groups in total. The number of halogens is 1. The lowest BCUT2D eigenvalue weighted by atomic mass is 10.2. The Morgan fingerprint density at radius 1 is 1.32 bits per heavy atom. The number of urea groups is 1. The lowest BCUT2D eigenvalue weighted by Crippen LogP contribution is -2.47. The maximum absolute atomic E-state index is 13.4. The number of rotatable bonds is 8. The molecular weight excluding hydrogens is 329 g/mol. The highest BCUT2D eigenvalue weighted by Gasteiger charge is 2.32. The number of methoxy groups -OCH3 is 2. The van der Waals surface area contributed by atoms with E-state index in [1.165, 1.54) is 17.0 Å². The van der Waals surface area contributed by atoms with E-state index in [0.29, 0.717) is 38.5 Å². The first-order valence-electron chi connectivity index (χ1n) is 8.14. The maximum Gasteiger partial charge on any atom is 0.317 e. The summed E-state index contributed by atoms with van der Waals surface area (Å²) >= 11 is 0. The zero-order valence-electron chi connectivity index (χ0n) is 14.5. The Morgan fingerprint density at radius 3 is 2.60 bits per heavy atom. The van der Waals surface area contributed by atoms with Crippen molar-refractivity contribution in [1.82, 2.24) is 10.2 Å². The average molecular weight is 353 g/mol. The largest absolute Gasteiger partial charge is 0.383 e. The summed E-state index contributed by atoms with van der Waals surface area (Å²) in [7, 11) is 3.14. The van der Waals surface area contributed by atoms with Crippen molar-refractivity contribution < 1.29 is 23.5 Å². The molecule has 0 bridgehead atoms. The number of nitrogens with zero attached hydrogens (tertiary/aromatic N) is 2. The normalized spacial score (nSPS) is 17.0. The van der Waals surface area contributed by atoms with Gasteiger partial charge in [-0.05, 0) is 18.2 Å². The Kier molecular flexibility index (Phi) is 7.15. The number of hydrogen-bond acceptors (Lipinski definition) is 4. The topological polar surface area (TPSA) is 71.1 Å². The van der Waals surface area contributed by atoms with Crippen molar-refractivity contribution in [2.24, 2.45) is 0 Å². The third-order valence-electron chi connectivity index (χ3n) is 3.99. The number of anilines is 1. The molecule has 0 spiro atoms. The monoisotopic (exact) mass is 353 g/mol. The Labute approximate surface area is 146 Å². The summed E-state index contributed by atoms with van der Waals surface area (Å²) in [5.41, 5.74) is 0.498. The molecular formula is C17H24FN3O4. The zero-order valence-corrected chi connectivity index (χ0v) is 14.5. The van der Waals surface area contributed by atoms with Crippen molar-refractivity contribution in [1.29, 1.82) is 0 Å². The Bertz CT molecular complexity index is 591. The standard InChI is InChI=1S/C17H24FN3O4/c1-24-8-6-20(7-9-25-2)17(23)19-14-11-16(22)21(12-14)15-5-3-4-13(18)10-15/h3-5,10,14H,6-9,11-12H2,1-2H3,(H,19,23)/t14-/m1/s1. The number of nitrogens with one attached hydrogen (secondary N) is 1. The van der Waals surface area contributed by atoms with Crippen molar-refractivity contribution in [3.63, 3.8) is 0 Å². The first-order valence-corrected chi connectivity index (χ1v) is 8.14. The van der Waals surface area contributed by atoms with Crippen molar-refractivity contribution in [3.05, 3.63) is 30.1 Å². The van der Waals surface area contributed by atoms with Gasteiger partial charge >= 0.3 is 6.03 Å². The second-order valence-electron chi connectivity index (χ2n) is 5.81. The van der Waals surface area contributed by atoms with Gasteiger partial charge < -0.3 is 24.6 Å². The van der Waals surface area contributed by atoms with E-state index in [4.69, 9.17) is 9.47 Å². The van der Waals surface area contributed by atoms with Gasteiger partial charge in [0.2, 0.25) is 5.91 Å². The van der Waals surface area contributed by atoms with Crippen molar-refractivity contribution in [3.8, 4) is 0 Å². The van der Waals surface area contributed by atoms with Gasteiger partial charge in [0.05, 0.1) is 19.3 Å². The predicted molar refractivity (Wildman–Crippen MR) is 91.0 cm³/mol. The van der Waals surface area contributed by atoms with Crippen molar-refractivity contribution in [2.75, 3.05) is 52.0 Å². The highest BCUT2D eigenvalue weighted by atomic mass is 19.1. The van der Waals surface area contributed by atoms with Gasteiger partial charge in [-0.3, -0.25) is 4.79 Å². The number of carbonyl (C=O) groups excluding carboxylic acids is 2. The molecule has 1 heterocycles. The molecule has 0 saturated carbocycles. The van der Waals surface area contributed by atoms with Gasteiger partial charge in [-0.1, -0.05) is 6.07 Å². The van der Waals surface area contributed by atoms with Crippen LogP contribution in [0.4, 0.5) is 14.9 Å². The molecule has 1 aromatic rings. The third-order valence-corrected chi connectivity index (χ3v) is 3.99. The van der Waals surface area contributed by atoms with Crippen LogP contribution in [-0.4, -0.2) is 69.9 Å². The molecule has 1 fully saturated rings. The van der Waals surface area contributed by atoms with Crippen LogP contribution in [0.1, 0.15) is 6.42 Å². The molecule has 1 saturated heterocycles. The lowest BCUT2D eigenvalue weighted by Gasteiger charge is -2.24. The first kappa shape index (κ1) is 19.1. The fraction of sp³-hybridized carbons (Fsp3) is 0.529. The Hall–Kier alpha value is -2.19. The second-order valence-corrected chi connectivity index (χ2v) is 5.81. The van der Waals surface area contributed by atoms with Crippen LogP contribution in [0.5, 0.6) is 0 Å². The maximum atomic E-state index is 13.4. The summed E-state index contributed by atoms with van der Waals surface area (Å²) in [5.74, 6) is -0.542. The number of benzene rings is 1. The third kappa shape index (κ3) is 5.40. The van der Waals surface area contributed by atoms with Crippen LogP contribution in [0.3, 0.4) is 0 Å². The van der Waals surface area contributed by atoms with Crippen LogP contribution in [0.2, 0.25) is 0 Å². The van der Waals surface area contributed by atoms with E-state index in [1.807, 2.05) is 0 Å². The van der Waals surface area contributed by atoms with Crippen molar-refractivity contribution >= 4 is 17.6 Å². The van der Waals surface area contributed by atoms with Gasteiger partial charge in [-0.25, -0.2) is 9.18 Å². The smallest absolute Gasteiger partial charge is 0.317 e. The van der Waals surface area contributed by atoms with E-state index < -0.39 is 5.82 Å². The molecule has 3 amide bonds. The number of carbonyl (C=O) groups is 2. The quantitative estimate of drug-likeness (QED) is 0.763. The summed E-state index contributed by atoms with van der Waals surface area (Å²) in [5, 5.41) is 2.86. The fourth-order valence-electron chi connectivity index (χ4n) is 2.68. The van der Waals surface area contributed by atoms with Crippen LogP contribution in [0.15, 0.2) is 24.3 Å². The molecule has 0 aliphatic carbocycles. The molecule has 7 nitrogen and oxygen atoms in total. The van der Waals surface area contributed by atoms with E-state index in [2.05, 4.69) is 5.32 Å². The molecule has 0 aromatic heterocycles. The van der Waals surface area contributed by atoms with Gasteiger partial charge in [0.1, 0.15) is 5.82 Å². The van der Waals surface area contributed by atoms with E-state index >= 15 is 0 Å². The summed E-state index contributed by atoms with van der Waals surface area (Å²) in [4.78, 5) is 27.7. The molecule has 1 aliphatic heterocycles. The highest BCUT2D eigenvalue weighted by molar-refractivity contribution is 5.96. The summed E-state index contributed by atoms with van der Waals surface area (Å²) < 4.78 is 23.4. The van der Waals surface area contributed by atoms with Crippen LogP contribution < -0.4 is 10.2 Å². The van der Waals surface area contributed by atoms with Gasteiger partial charge in [-0.15, -0.1) is 0 Å². The number of ether oxygens (including phenoxy) is 2. The van der Waals surface area contributed by atoms with Crippen LogP contribution in [0.25, 0.3) is 0 Å². The minimum atomic E-state index is -0.400. The molecule has 0 unspecified atom stereocenters. The van der Waals surface area contributed by atoms with Gasteiger partial charge in [0.15, 0.2) is 0 Å². The Balaban J connectivity index is 1.95. The molecule has 2 rings (SSSR count). The molecule has 1 aliphatic rings. The molecule has 1 atom stereocenters. The summed E-state index contributed by atoms with van der Waals surface area (Å²) in [6.45, 7) is 2.00. The molecule has 0 radical (unpaired) electrons. The zero-order chi connectivity index (χ0) is 18.2. The van der Waals surface area contributed by atoms with Gasteiger partial charge in [0, 0.05) is 46.0 Å². The fourth-order valence-corrected chi connectivity index (χ4v) is 2.68. The van der Waals surface area contributed by atoms with Crippen LogP contribution in [0, 0.1) is 5.82 Å². The second kappa shape index (κ2) is 9.33. The molecule has 138 valence electrons. The summed E-state index contributed by atoms with van der Waals surface area (Å²) in [6.07, 6.45) is 0.185. The van der Waals surface area contributed by atoms with E-state index in [0.717, 1.165) is 0 Å². The minimum absolute atomic E-state index is 0.142. The summed E-state index contributed by atoms with van der Waals surface area (Å²) in [6, 6.07) is 5.28. The van der Waals surface area contributed by atoms with Crippen molar-refractivity contribution in [2.45, 2.75) is 12.5 Å². The van der Waals surface area contributed by atoms with E-state index in [-0.39, 0.29) is 24.4 Å². The van der Waals surface area contributed by atoms with E-state index in [9.17, 15) is 14.0 Å². The average Bonchev–Trinajstić information content (AvgIpc) is 2.95. The lowest BCUT2D eigenvalue weighted by molar-refractivity contribution is -0.117. The molecule has 25 heavy (non-hydrogen) atoms. The number of amides is 3. The Morgan fingerprint density at radius 2 is 2.00 bits per heavy atom. The highest BCUT2D eigenvalue weighted by Crippen LogP contribution is 2.22. The molecule has 8 heteroatoms. The van der Waals surface area contributed by atoms with Gasteiger partial charge in [0.25, 0.3) is 0 Å². The van der Waals surface area contributed by atoms with Crippen LogP contribution >= 0.6 is 0 Å². The minimum Gasteiger partial charge on any atom is -0.383 e. The van der Waals surface area contributed by atoms with Crippen LogP contribution in [-0.2, 0) is 14.3 Å². The number of hydrogen-bond donors (Lipinski definition) is 1. The SMILES string of the molecule is COCCN(CCOC)C(=O)N[C@@H]1CC(=O)N(c2cccc(F)c2)C1. The van der Waals surface area contributed by atoms with E-state index in [1.54, 1.807) is 31.3 Å².